The molecule has 1 aliphatic rings. The molecule has 5 nitrogen and oxygen atoms in total. The van der Waals surface area contributed by atoms with Crippen LogP contribution in [0.1, 0.15) is 32.3 Å². The van der Waals surface area contributed by atoms with Gasteiger partial charge in [-0.1, -0.05) is 12.1 Å². The van der Waals surface area contributed by atoms with Gasteiger partial charge in [-0.25, -0.2) is 0 Å². The molecule has 0 bridgehead atoms. The van der Waals surface area contributed by atoms with Crippen LogP contribution in [0.2, 0.25) is 0 Å². The molecule has 0 unspecified atom stereocenters. The van der Waals surface area contributed by atoms with Crippen LogP contribution < -0.4 is 14.8 Å². The fourth-order valence-electron chi connectivity index (χ4n) is 1.88. The highest BCUT2D eigenvalue weighted by Crippen LogP contribution is 2.33. The van der Waals surface area contributed by atoms with Gasteiger partial charge in [-0.05, 0) is 32.8 Å². The zero-order chi connectivity index (χ0) is 15.5. The summed E-state index contributed by atoms with van der Waals surface area (Å²) in [6.07, 6.45) is 2.43. The fraction of sp³-hybridized carbons (Fsp3) is 0.562. The minimum atomic E-state index is -0.942. The van der Waals surface area contributed by atoms with E-state index in [-0.39, 0.29) is 6.61 Å². The number of hydrogen-bond donors (Lipinski definition) is 2. The van der Waals surface area contributed by atoms with Gasteiger partial charge in [0.1, 0.15) is 6.61 Å². The van der Waals surface area contributed by atoms with Crippen LogP contribution >= 0.6 is 0 Å². The molecule has 0 atom stereocenters. The van der Waals surface area contributed by atoms with Crippen LogP contribution in [-0.4, -0.2) is 30.8 Å². The summed E-state index contributed by atoms with van der Waals surface area (Å²) in [6.45, 7) is 4.09. The topological polar surface area (TPSA) is 67.8 Å². The Morgan fingerprint density at radius 2 is 2.14 bits per heavy atom. The Labute approximate surface area is 125 Å². The quantitative estimate of drug-likeness (QED) is 0.770. The monoisotopic (exact) mass is 293 g/mol. The molecule has 0 aliphatic heterocycles. The summed E-state index contributed by atoms with van der Waals surface area (Å²) >= 11 is 0. The molecular formula is C16H23NO4. The Morgan fingerprint density at radius 3 is 2.71 bits per heavy atom. The maximum atomic E-state index is 11.2. The molecule has 1 saturated carbocycles. The standard InChI is InChI=1S/C16H23NO4/c1-16(2,15(18)19)10-21-14-11(9-17-12-7-8-12)5-4-6-13(14)20-3/h4-6,12,17H,7-10H2,1-3H3,(H,18,19). The van der Waals surface area contributed by atoms with Gasteiger partial charge in [-0.3, -0.25) is 4.79 Å². The first kappa shape index (κ1) is 15.6. The summed E-state index contributed by atoms with van der Waals surface area (Å²) in [5.41, 5.74) is 0.0460. The molecule has 1 aromatic rings. The molecule has 5 heteroatoms. The number of nitrogens with one attached hydrogen (secondary N) is 1. The molecule has 0 heterocycles. The highest BCUT2D eigenvalue weighted by Gasteiger charge is 2.29. The lowest BCUT2D eigenvalue weighted by atomic mass is 9.95. The van der Waals surface area contributed by atoms with Crippen molar-refractivity contribution in [2.75, 3.05) is 13.7 Å². The summed E-state index contributed by atoms with van der Waals surface area (Å²) in [5.74, 6) is 0.379. The first-order valence-corrected chi connectivity index (χ1v) is 7.19. The molecule has 21 heavy (non-hydrogen) atoms. The fourth-order valence-corrected chi connectivity index (χ4v) is 1.88. The summed E-state index contributed by atoms with van der Waals surface area (Å²) in [5, 5.41) is 12.6. The molecule has 2 rings (SSSR count). The van der Waals surface area contributed by atoms with Crippen molar-refractivity contribution in [3.63, 3.8) is 0 Å². The van der Waals surface area contributed by atoms with Crippen LogP contribution in [0.4, 0.5) is 0 Å². The Balaban J connectivity index is 2.12. The summed E-state index contributed by atoms with van der Waals surface area (Å²) in [7, 11) is 1.59. The smallest absolute Gasteiger partial charge is 0.312 e. The van der Waals surface area contributed by atoms with Gasteiger partial charge in [-0.15, -0.1) is 0 Å². The minimum Gasteiger partial charge on any atom is -0.493 e. The van der Waals surface area contributed by atoms with E-state index in [1.54, 1.807) is 21.0 Å². The Hall–Kier alpha value is -1.75. The molecule has 0 radical (unpaired) electrons. The Bertz CT molecular complexity index is 509. The van der Waals surface area contributed by atoms with E-state index < -0.39 is 11.4 Å². The zero-order valence-electron chi connectivity index (χ0n) is 12.8. The van der Waals surface area contributed by atoms with Crippen LogP contribution in [0.5, 0.6) is 11.5 Å². The van der Waals surface area contributed by atoms with Gasteiger partial charge in [0.05, 0.1) is 12.5 Å². The Kier molecular flexibility index (Phi) is 4.73. The first-order valence-electron chi connectivity index (χ1n) is 7.19. The van der Waals surface area contributed by atoms with Gasteiger partial charge in [-0.2, -0.15) is 0 Å². The average Bonchev–Trinajstić information content (AvgIpc) is 3.27. The second-order valence-corrected chi connectivity index (χ2v) is 6.08. The van der Waals surface area contributed by atoms with Crippen molar-refractivity contribution in [3.8, 4) is 11.5 Å². The lowest BCUT2D eigenvalue weighted by Gasteiger charge is -2.22. The van der Waals surface area contributed by atoms with Gasteiger partial charge in [0, 0.05) is 18.2 Å². The van der Waals surface area contributed by atoms with Crippen LogP contribution in [0.15, 0.2) is 18.2 Å². The van der Waals surface area contributed by atoms with Crippen molar-refractivity contribution in [2.45, 2.75) is 39.3 Å². The molecule has 0 spiro atoms. The van der Waals surface area contributed by atoms with E-state index in [0.717, 1.165) is 5.56 Å². The molecule has 0 aromatic heterocycles. The van der Waals surface area contributed by atoms with E-state index in [9.17, 15) is 9.90 Å². The minimum absolute atomic E-state index is 0.0964. The van der Waals surface area contributed by atoms with Crippen LogP contribution in [0.25, 0.3) is 0 Å². The number of benzene rings is 1. The van der Waals surface area contributed by atoms with E-state index in [1.165, 1.54) is 12.8 Å². The number of aliphatic carboxylic acids is 1. The Morgan fingerprint density at radius 1 is 1.43 bits per heavy atom. The highest BCUT2D eigenvalue weighted by atomic mass is 16.5. The maximum absolute atomic E-state index is 11.2. The van der Waals surface area contributed by atoms with E-state index in [1.807, 2.05) is 18.2 Å². The highest BCUT2D eigenvalue weighted by molar-refractivity contribution is 5.73. The molecule has 1 aromatic carbocycles. The third-order valence-electron chi connectivity index (χ3n) is 3.60. The summed E-state index contributed by atoms with van der Waals surface area (Å²) in [6, 6.07) is 6.31. The number of para-hydroxylation sites is 1. The molecule has 116 valence electrons. The number of carbonyl (C=O) groups is 1. The predicted molar refractivity (Wildman–Crippen MR) is 79.8 cm³/mol. The van der Waals surface area contributed by atoms with E-state index in [0.29, 0.717) is 24.1 Å². The lowest BCUT2D eigenvalue weighted by Crippen LogP contribution is -2.31. The van der Waals surface area contributed by atoms with Crippen molar-refractivity contribution in [1.82, 2.24) is 5.32 Å². The molecule has 0 amide bonds. The second-order valence-electron chi connectivity index (χ2n) is 6.08. The van der Waals surface area contributed by atoms with E-state index in [2.05, 4.69) is 5.32 Å². The van der Waals surface area contributed by atoms with Gasteiger partial charge in [0.25, 0.3) is 0 Å². The van der Waals surface area contributed by atoms with Gasteiger partial charge >= 0.3 is 5.97 Å². The maximum Gasteiger partial charge on any atom is 0.312 e. The third-order valence-corrected chi connectivity index (χ3v) is 3.60. The van der Waals surface area contributed by atoms with Gasteiger partial charge in [0.15, 0.2) is 11.5 Å². The third kappa shape index (κ3) is 4.11. The van der Waals surface area contributed by atoms with E-state index >= 15 is 0 Å². The number of hydrogen-bond acceptors (Lipinski definition) is 4. The number of methoxy groups -OCH3 is 1. The average molecular weight is 293 g/mol. The first-order chi connectivity index (χ1) is 9.94. The summed E-state index contributed by atoms with van der Waals surface area (Å²) < 4.78 is 11.1. The molecular weight excluding hydrogens is 270 g/mol. The van der Waals surface area contributed by atoms with Crippen LogP contribution in [-0.2, 0) is 11.3 Å². The SMILES string of the molecule is COc1cccc(CNC2CC2)c1OCC(C)(C)C(=O)O. The van der Waals surface area contributed by atoms with Crippen LogP contribution in [0, 0.1) is 5.41 Å². The number of carboxylic acids is 1. The number of rotatable bonds is 8. The van der Waals surface area contributed by atoms with Crippen molar-refractivity contribution in [3.05, 3.63) is 23.8 Å². The van der Waals surface area contributed by atoms with E-state index in [4.69, 9.17) is 9.47 Å². The molecule has 0 saturated heterocycles. The van der Waals surface area contributed by atoms with Crippen LogP contribution in [0.3, 0.4) is 0 Å². The molecule has 1 aliphatic carbocycles. The largest absolute Gasteiger partial charge is 0.493 e. The van der Waals surface area contributed by atoms with Crippen molar-refractivity contribution >= 4 is 5.97 Å². The van der Waals surface area contributed by atoms with Gasteiger partial charge in [0.2, 0.25) is 0 Å². The zero-order valence-corrected chi connectivity index (χ0v) is 12.8. The number of carboxylic acid groups (broad SMARTS) is 1. The molecule has 1 fully saturated rings. The second kappa shape index (κ2) is 6.35. The summed E-state index contributed by atoms with van der Waals surface area (Å²) in [4.78, 5) is 11.2. The van der Waals surface area contributed by atoms with Crippen molar-refractivity contribution in [1.29, 1.82) is 0 Å². The lowest BCUT2D eigenvalue weighted by molar-refractivity contribution is -0.148. The van der Waals surface area contributed by atoms with Gasteiger partial charge < -0.3 is 19.9 Å². The van der Waals surface area contributed by atoms with Crippen molar-refractivity contribution < 1.29 is 19.4 Å². The molecule has 2 N–H and O–H groups in total. The van der Waals surface area contributed by atoms with Crippen molar-refractivity contribution in [2.24, 2.45) is 5.41 Å². The normalized spacial score (nSPS) is 14.8. The number of ether oxygens (including phenoxy) is 2. The predicted octanol–water partition coefficient (Wildman–Crippen LogP) is 2.44.